The van der Waals surface area contributed by atoms with E-state index in [9.17, 15) is 14.3 Å². The van der Waals surface area contributed by atoms with Crippen molar-refractivity contribution in [1.82, 2.24) is 9.80 Å². The maximum atomic E-state index is 14.7. The lowest BCUT2D eigenvalue weighted by Crippen LogP contribution is -2.34. The van der Waals surface area contributed by atoms with Gasteiger partial charge in [0, 0.05) is 49.6 Å². The van der Waals surface area contributed by atoms with Gasteiger partial charge in [-0.25, -0.2) is 4.39 Å². The Balaban J connectivity index is 1.80. The van der Waals surface area contributed by atoms with Crippen molar-refractivity contribution in [3.8, 4) is 5.75 Å². The zero-order valence-electron chi connectivity index (χ0n) is 15.8. The van der Waals surface area contributed by atoms with E-state index < -0.39 is 5.82 Å². The number of piperidine rings is 1. The highest BCUT2D eigenvalue weighted by atomic mass is 19.1. The van der Waals surface area contributed by atoms with Gasteiger partial charge < -0.3 is 10.0 Å². The topological polar surface area (TPSA) is 43.8 Å². The van der Waals surface area contributed by atoms with E-state index in [-0.39, 0.29) is 22.7 Å². The summed E-state index contributed by atoms with van der Waals surface area (Å²) in [5, 5.41) is 10.3. The molecule has 0 amide bonds. The van der Waals surface area contributed by atoms with Crippen LogP contribution in [0.1, 0.15) is 54.1 Å². The highest BCUT2D eigenvalue weighted by Gasteiger charge is 2.22. The number of likely N-dealkylation sites (tertiary alicyclic amines) is 2. The number of benzene rings is 1. The molecular formula is C21H29FN2O2. The van der Waals surface area contributed by atoms with E-state index in [1.54, 1.807) is 6.20 Å². The fourth-order valence-electron chi connectivity index (χ4n) is 3.98. The van der Waals surface area contributed by atoms with E-state index in [1.165, 1.54) is 25.5 Å². The van der Waals surface area contributed by atoms with Crippen LogP contribution in [0.15, 0.2) is 18.3 Å². The molecule has 1 N–H and O–H groups in total. The summed E-state index contributed by atoms with van der Waals surface area (Å²) in [5.41, 5.74) is 0.845. The van der Waals surface area contributed by atoms with Crippen LogP contribution in [0, 0.1) is 18.7 Å². The Hall–Kier alpha value is -1.88. The summed E-state index contributed by atoms with van der Waals surface area (Å²) in [5.74, 6) is -0.310. The molecule has 5 heteroatoms. The largest absolute Gasteiger partial charge is 0.507 e. The normalized spacial score (nSPS) is 21.7. The second-order valence-corrected chi connectivity index (χ2v) is 7.78. The van der Waals surface area contributed by atoms with Crippen molar-refractivity contribution in [3.05, 3.63) is 40.8 Å². The van der Waals surface area contributed by atoms with Gasteiger partial charge in [0.2, 0.25) is 0 Å². The molecule has 0 aliphatic carbocycles. The number of carbonyl (C=O) groups is 1. The van der Waals surface area contributed by atoms with Crippen molar-refractivity contribution >= 4 is 5.78 Å². The Morgan fingerprint density at radius 2 is 2.04 bits per heavy atom. The number of halogens is 1. The molecule has 0 spiro atoms. The third-order valence-electron chi connectivity index (χ3n) is 5.52. The van der Waals surface area contributed by atoms with Crippen molar-refractivity contribution < 1.29 is 14.3 Å². The van der Waals surface area contributed by atoms with Crippen molar-refractivity contribution in [1.29, 1.82) is 0 Å². The highest BCUT2D eigenvalue weighted by Crippen LogP contribution is 2.30. The van der Waals surface area contributed by atoms with Crippen molar-refractivity contribution in [2.24, 2.45) is 5.92 Å². The number of phenolic OH excluding ortho intramolecular Hbond substituents is 1. The second-order valence-electron chi connectivity index (χ2n) is 7.78. The first kappa shape index (κ1) is 18.9. The molecule has 2 fully saturated rings. The van der Waals surface area contributed by atoms with Gasteiger partial charge in [0.05, 0.1) is 5.56 Å². The lowest BCUT2D eigenvalue weighted by atomic mass is 9.97. The Kier molecular flexibility index (Phi) is 5.97. The minimum atomic E-state index is -0.402. The fourth-order valence-corrected chi connectivity index (χ4v) is 3.98. The molecule has 3 rings (SSSR count). The van der Waals surface area contributed by atoms with Gasteiger partial charge in [-0.05, 0) is 51.1 Å². The SMILES string of the molecule is Cc1c(O)c(C(=O)/C=C/N2CCCC2)cc(CN2CCC[C@H](C)C2)c1F. The fraction of sp³-hybridized carbons (Fsp3) is 0.571. The quantitative estimate of drug-likeness (QED) is 0.640. The van der Waals surface area contributed by atoms with E-state index in [2.05, 4.69) is 16.7 Å². The number of hydrogen-bond donors (Lipinski definition) is 1. The van der Waals surface area contributed by atoms with E-state index in [4.69, 9.17) is 0 Å². The number of hydrogen-bond acceptors (Lipinski definition) is 4. The smallest absolute Gasteiger partial charge is 0.191 e. The average molecular weight is 360 g/mol. The molecule has 2 aliphatic heterocycles. The Labute approximate surface area is 155 Å². The molecule has 0 saturated carbocycles. The summed E-state index contributed by atoms with van der Waals surface area (Å²) in [6, 6.07) is 1.54. The maximum Gasteiger partial charge on any atom is 0.191 e. The van der Waals surface area contributed by atoms with Gasteiger partial charge in [-0.1, -0.05) is 6.92 Å². The number of aromatic hydroxyl groups is 1. The van der Waals surface area contributed by atoms with Gasteiger partial charge in [0.25, 0.3) is 0 Å². The summed E-state index contributed by atoms with van der Waals surface area (Å²) in [6.45, 7) is 8.02. The summed E-state index contributed by atoms with van der Waals surface area (Å²) < 4.78 is 14.7. The van der Waals surface area contributed by atoms with Crippen LogP contribution in [0.5, 0.6) is 5.75 Å². The highest BCUT2D eigenvalue weighted by molar-refractivity contribution is 6.06. The van der Waals surface area contributed by atoms with Gasteiger partial charge in [-0.15, -0.1) is 0 Å². The molecule has 2 heterocycles. The average Bonchev–Trinajstić information content (AvgIpc) is 3.14. The number of phenols is 1. The van der Waals surface area contributed by atoms with Crippen LogP contribution in [0.4, 0.5) is 4.39 Å². The van der Waals surface area contributed by atoms with E-state index in [1.807, 2.05) is 0 Å². The molecule has 0 unspecified atom stereocenters. The summed E-state index contributed by atoms with van der Waals surface area (Å²) in [6.07, 6.45) is 7.88. The van der Waals surface area contributed by atoms with E-state index in [0.717, 1.165) is 45.4 Å². The number of rotatable bonds is 5. The summed E-state index contributed by atoms with van der Waals surface area (Å²) >= 11 is 0. The van der Waals surface area contributed by atoms with Crippen LogP contribution in [0.2, 0.25) is 0 Å². The molecule has 0 aromatic heterocycles. The van der Waals surface area contributed by atoms with Crippen LogP contribution < -0.4 is 0 Å². The number of allylic oxidation sites excluding steroid dienone is 1. The first-order chi connectivity index (χ1) is 12.5. The molecule has 1 aromatic rings. The standard InChI is InChI=1S/C21H29FN2O2/c1-15-6-5-10-24(13-15)14-17-12-18(21(26)16(2)20(17)22)19(25)7-11-23-8-3-4-9-23/h7,11-12,15,26H,3-6,8-10,13-14H2,1-2H3/b11-7+/t15-/m0/s1. The maximum absolute atomic E-state index is 14.7. The van der Waals surface area contributed by atoms with Crippen molar-refractivity contribution in [3.63, 3.8) is 0 Å². The van der Waals surface area contributed by atoms with Gasteiger partial charge in [-0.2, -0.15) is 0 Å². The van der Waals surface area contributed by atoms with Crippen molar-refractivity contribution in [2.45, 2.75) is 46.1 Å². The molecule has 2 aliphatic rings. The predicted octanol–water partition coefficient (Wildman–Crippen LogP) is 3.86. The van der Waals surface area contributed by atoms with E-state index in [0.29, 0.717) is 18.0 Å². The Morgan fingerprint density at radius 3 is 2.73 bits per heavy atom. The zero-order valence-corrected chi connectivity index (χ0v) is 15.8. The Bertz CT molecular complexity index is 696. The molecule has 0 radical (unpaired) electrons. The monoisotopic (exact) mass is 360 g/mol. The lowest BCUT2D eigenvalue weighted by Gasteiger charge is -2.31. The van der Waals surface area contributed by atoms with Gasteiger partial charge in [-0.3, -0.25) is 9.69 Å². The predicted molar refractivity (Wildman–Crippen MR) is 101 cm³/mol. The van der Waals surface area contributed by atoms with Crippen LogP contribution in [0.3, 0.4) is 0 Å². The number of ketones is 1. The first-order valence-electron chi connectivity index (χ1n) is 9.65. The van der Waals surface area contributed by atoms with Gasteiger partial charge in [0.1, 0.15) is 11.6 Å². The summed E-state index contributed by atoms with van der Waals surface area (Å²) in [4.78, 5) is 16.9. The third kappa shape index (κ3) is 4.26. The minimum Gasteiger partial charge on any atom is -0.507 e. The van der Waals surface area contributed by atoms with Gasteiger partial charge >= 0.3 is 0 Å². The van der Waals surface area contributed by atoms with Crippen LogP contribution in [-0.2, 0) is 6.54 Å². The molecular weight excluding hydrogens is 331 g/mol. The number of nitrogens with zero attached hydrogens (tertiary/aromatic N) is 2. The zero-order chi connectivity index (χ0) is 18.7. The first-order valence-corrected chi connectivity index (χ1v) is 9.65. The molecule has 0 bridgehead atoms. The molecule has 142 valence electrons. The van der Waals surface area contributed by atoms with E-state index >= 15 is 0 Å². The minimum absolute atomic E-state index is 0.158. The molecule has 1 aromatic carbocycles. The molecule has 26 heavy (non-hydrogen) atoms. The third-order valence-corrected chi connectivity index (χ3v) is 5.52. The second kappa shape index (κ2) is 8.21. The molecule has 2 saturated heterocycles. The lowest BCUT2D eigenvalue weighted by molar-refractivity contribution is 0.104. The van der Waals surface area contributed by atoms with Gasteiger partial charge in [0.15, 0.2) is 5.78 Å². The molecule has 1 atom stereocenters. The van der Waals surface area contributed by atoms with Crippen LogP contribution >= 0.6 is 0 Å². The van der Waals surface area contributed by atoms with Crippen molar-refractivity contribution in [2.75, 3.05) is 26.2 Å². The summed E-state index contributed by atoms with van der Waals surface area (Å²) in [7, 11) is 0. The Morgan fingerprint density at radius 1 is 1.31 bits per heavy atom. The molecule has 4 nitrogen and oxygen atoms in total. The van der Waals surface area contributed by atoms with Crippen LogP contribution in [-0.4, -0.2) is 46.9 Å². The van der Waals surface area contributed by atoms with Crippen LogP contribution in [0.25, 0.3) is 0 Å². The number of carbonyl (C=O) groups excluding carboxylic acids is 1.